The van der Waals surface area contributed by atoms with Crippen molar-refractivity contribution >= 4 is 0 Å². The highest BCUT2D eigenvalue weighted by Gasteiger charge is 1.87. The predicted octanol–water partition coefficient (Wildman–Crippen LogP) is 2.65. The molecule has 0 spiro atoms. The van der Waals surface area contributed by atoms with Crippen LogP contribution in [0.2, 0.25) is 0 Å². The Balaban J connectivity index is 3.14. The molecule has 0 aromatic carbocycles. The second kappa shape index (κ2) is 3.06. The highest BCUT2D eigenvalue weighted by molar-refractivity contribution is 4.82. The topological polar surface area (TPSA) is 0 Å². The molecular weight excluding hydrogens is 84.1 g/mol. The van der Waals surface area contributed by atoms with Crippen LogP contribution in [-0.2, 0) is 0 Å². The van der Waals surface area contributed by atoms with E-state index in [2.05, 4.69) is 27.7 Å². The van der Waals surface area contributed by atoms with Crippen LogP contribution in [0.3, 0.4) is 0 Å². The van der Waals surface area contributed by atoms with E-state index >= 15 is 0 Å². The molecule has 0 N–H and O–H groups in total. The van der Waals surface area contributed by atoms with Crippen molar-refractivity contribution in [2.24, 2.45) is 5.92 Å². The summed E-state index contributed by atoms with van der Waals surface area (Å²) in [5.41, 5.74) is 0. The Bertz CT molecular complexity index is 37.3. The number of rotatable bonds is 2. The molecule has 1 unspecified atom stereocenters. The maximum Gasteiger partial charge on any atom is -0.0676 e. The van der Waals surface area contributed by atoms with Crippen LogP contribution >= 0.6 is 0 Å². The first-order chi connectivity index (χ1) is 3.18. The molecule has 0 rings (SSSR count). The zero-order chi connectivity index (χ0) is 5.86. The van der Waals surface area contributed by atoms with Crippen LogP contribution in [0.5, 0.6) is 0 Å². The van der Waals surface area contributed by atoms with E-state index in [1.165, 1.54) is 6.42 Å². The second-order valence-corrected chi connectivity index (χ2v) is 2.39. The van der Waals surface area contributed by atoms with E-state index in [4.69, 9.17) is 0 Å². The molecule has 0 heterocycles. The van der Waals surface area contributed by atoms with E-state index < -0.39 is 0 Å². The standard InChI is InChI=1S/C7H15/c1-5-7(4)6(2)3/h7H,5H2,1-4H3/q-1. The first-order valence-corrected chi connectivity index (χ1v) is 2.98. The fourth-order valence-electron chi connectivity index (χ4n) is 0.408. The van der Waals surface area contributed by atoms with Gasteiger partial charge >= 0.3 is 0 Å². The maximum absolute atomic E-state index is 2.26. The molecule has 0 nitrogen and oxygen atoms in total. The fraction of sp³-hybridized carbons (Fsp3) is 0.857. The number of hydrogen-bond acceptors (Lipinski definition) is 0. The van der Waals surface area contributed by atoms with Gasteiger partial charge in [-0.2, -0.15) is 19.8 Å². The van der Waals surface area contributed by atoms with Crippen molar-refractivity contribution in [3.8, 4) is 0 Å². The summed E-state index contributed by atoms with van der Waals surface area (Å²) in [5, 5.41) is 0. The molecule has 0 amide bonds. The van der Waals surface area contributed by atoms with Gasteiger partial charge in [0, 0.05) is 0 Å². The lowest BCUT2D eigenvalue weighted by Gasteiger charge is -2.25. The molecule has 0 bridgehead atoms. The minimum atomic E-state index is 0.819. The zero-order valence-electron chi connectivity index (χ0n) is 5.78. The third-order valence-electron chi connectivity index (χ3n) is 1.60. The second-order valence-electron chi connectivity index (χ2n) is 2.39. The van der Waals surface area contributed by atoms with Crippen LogP contribution in [0.15, 0.2) is 0 Å². The normalized spacial score (nSPS) is 15.0. The maximum atomic E-state index is 2.26. The summed E-state index contributed by atoms with van der Waals surface area (Å²) in [6.07, 6.45) is 1.28. The molecule has 0 aromatic rings. The largest absolute Gasteiger partial charge is 0.317 e. The first-order valence-electron chi connectivity index (χ1n) is 2.98. The number of hydrogen-bond donors (Lipinski definition) is 0. The molecule has 0 aromatic heterocycles. The van der Waals surface area contributed by atoms with Gasteiger partial charge in [0.2, 0.25) is 0 Å². The summed E-state index contributed by atoms with van der Waals surface area (Å²) in [7, 11) is 0. The van der Waals surface area contributed by atoms with E-state index in [1.807, 2.05) is 0 Å². The molecule has 0 fully saturated rings. The van der Waals surface area contributed by atoms with Gasteiger partial charge in [-0.3, -0.25) is 0 Å². The quantitative estimate of drug-likeness (QED) is 0.467. The summed E-state index contributed by atoms with van der Waals surface area (Å²) in [6, 6.07) is 0. The SMILES string of the molecule is CCC(C)[C-](C)C. The lowest BCUT2D eigenvalue weighted by molar-refractivity contribution is 0.583. The van der Waals surface area contributed by atoms with Gasteiger partial charge in [-0.05, 0) is 0 Å². The van der Waals surface area contributed by atoms with Crippen LogP contribution in [0.1, 0.15) is 34.1 Å². The summed E-state index contributed by atoms with van der Waals surface area (Å²) < 4.78 is 0. The van der Waals surface area contributed by atoms with Crippen molar-refractivity contribution in [2.45, 2.75) is 34.1 Å². The Kier molecular flexibility index (Phi) is 3.06. The van der Waals surface area contributed by atoms with Crippen LogP contribution in [0.25, 0.3) is 0 Å². The van der Waals surface area contributed by atoms with Crippen molar-refractivity contribution in [3.63, 3.8) is 0 Å². The van der Waals surface area contributed by atoms with Gasteiger partial charge in [0.15, 0.2) is 0 Å². The Labute approximate surface area is 46.9 Å². The van der Waals surface area contributed by atoms with Gasteiger partial charge in [-0.25, -0.2) is 0 Å². The van der Waals surface area contributed by atoms with Gasteiger partial charge in [0.1, 0.15) is 0 Å². The molecule has 0 aliphatic rings. The Morgan fingerprint density at radius 2 is 1.86 bits per heavy atom. The van der Waals surface area contributed by atoms with E-state index in [0.29, 0.717) is 0 Å². The van der Waals surface area contributed by atoms with Gasteiger partial charge in [-0.15, -0.1) is 0 Å². The molecule has 0 aliphatic heterocycles. The molecule has 7 heavy (non-hydrogen) atoms. The summed E-state index contributed by atoms with van der Waals surface area (Å²) in [5.74, 6) is 2.36. The Morgan fingerprint density at radius 1 is 1.43 bits per heavy atom. The smallest absolute Gasteiger partial charge is 0.0676 e. The molecule has 0 heteroatoms. The molecule has 44 valence electrons. The van der Waals surface area contributed by atoms with Crippen molar-refractivity contribution in [2.75, 3.05) is 0 Å². The van der Waals surface area contributed by atoms with E-state index in [0.717, 1.165) is 5.92 Å². The first kappa shape index (κ1) is 7.00. The van der Waals surface area contributed by atoms with Crippen molar-refractivity contribution < 1.29 is 0 Å². The van der Waals surface area contributed by atoms with Crippen LogP contribution in [0, 0.1) is 11.8 Å². The molecule has 0 aliphatic carbocycles. The van der Waals surface area contributed by atoms with Gasteiger partial charge in [0.05, 0.1) is 0 Å². The Hall–Kier alpha value is 0. The van der Waals surface area contributed by atoms with Gasteiger partial charge in [-0.1, -0.05) is 20.3 Å². The van der Waals surface area contributed by atoms with Crippen LogP contribution < -0.4 is 0 Å². The monoisotopic (exact) mass is 99.1 g/mol. The molecular formula is C7H15-. The van der Waals surface area contributed by atoms with Gasteiger partial charge in [0.25, 0.3) is 0 Å². The van der Waals surface area contributed by atoms with Gasteiger partial charge < -0.3 is 5.92 Å². The van der Waals surface area contributed by atoms with E-state index in [9.17, 15) is 0 Å². The fourth-order valence-corrected chi connectivity index (χ4v) is 0.408. The molecule has 0 saturated heterocycles. The van der Waals surface area contributed by atoms with Crippen molar-refractivity contribution in [1.82, 2.24) is 0 Å². The average Bonchev–Trinajstić information content (AvgIpc) is 1.65. The zero-order valence-corrected chi connectivity index (χ0v) is 5.78. The molecule has 0 radical (unpaired) electrons. The highest BCUT2D eigenvalue weighted by atomic mass is 14.1. The minimum Gasteiger partial charge on any atom is -0.317 e. The third-order valence-corrected chi connectivity index (χ3v) is 1.60. The Morgan fingerprint density at radius 3 is 1.86 bits per heavy atom. The summed E-state index contributed by atoms with van der Waals surface area (Å²) in [6.45, 7) is 8.86. The van der Waals surface area contributed by atoms with Crippen LogP contribution in [0.4, 0.5) is 0 Å². The van der Waals surface area contributed by atoms with Crippen LogP contribution in [-0.4, -0.2) is 0 Å². The molecule has 0 saturated carbocycles. The van der Waals surface area contributed by atoms with E-state index in [-0.39, 0.29) is 0 Å². The summed E-state index contributed by atoms with van der Waals surface area (Å²) >= 11 is 0. The highest BCUT2D eigenvalue weighted by Crippen LogP contribution is 2.14. The average molecular weight is 99.2 g/mol. The third kappa shape index (κ3) is 2.67. The lowest BCUT2D eigenvalue weighted by atomic mass is 9.96. The lowest BCUT2D eigenvalue weighted by Crippen LogP contribution is -1.97. The minimum absolute atomic E-state index is 0.819. The van der Waals surface area contributed by atoms with Crippen molar-refractivity contribution in [1.29, 1.82) is 0 Å². The van der Waals surface area contributed by atoms with E-state index in [1.54, 1.807) is 5.92 Å². The predicted molar refractivity (Wildman–Crippen MR) is 34.0 cm³/mol. The van der Waals surface area contributed by atoms with Crippen molar-refractivity contribution in [3.05, 3.63) is 5.92 Å². The molecule has 1 atom stereocenters. The summed E-state index contributed by atoms with van der Waals surface area (Å²) in [4.78, 5) is 0.